The normalized spacial score (nSPS) is 37.2. The van der Waals surface area contributed by atoms with E-state index in [1.807, 2.05) is 12.1 Å². The second kappa shape index (κ2) is 4.96. The highest BCUT2D eigenvalue weighted by atomic mass is 35.5. The van der Waals surface area contributed by atoms with Crippen LogP contribution < -0.4 is 9.47 Å². The van der Waals surface area contributed by atoms with Crippen LogP contribution in [-0.2, 0) is 0 Å². The Hall–Kier alpha value is -0.600. The Balaban J connectivity index is 1.64. The molecular weight excluding hydrogens is 307 g/mol. The molecule has 5 atom stereocenters. The van der Waals surface area contributed by atoms with E-state index < -0.39 is 0 Å². The zero-order valence-corrected chi connectivity index (χ0v) is 13.8. The van der Waals surface area contributed by atoms with E-state index in [-0.39, 0.29) is 5.38 Å². The van der Waals surface area contributed by atoms with E-state index in [2.05, 4.69) is 0 Å². The molecule has 0 spiro atoms. The number of halogens is 2. The standard InChI is InChI=1S/C17H20Cl2O2/c1-20-11-6-5-10(17(21-2)16(11)19)15(18)14-12-8-3-4-9(7-8)13(12)14/h5-6,8-9,12-15H,3-4,7H2,1-2H3. The summed E-state index contributed by atoms with van der Waals surface area (Å²) in [6.07, 6.45) is 4.26. The summed E-state index contributed by atoms with van der Waals surface area (Å²) >= 11 is 13.2. The molecule has 1 aromatic carbocycles. The minimum absolute atomic E-state index is 0.00163. The zero-order chi connectivity index (χ0) is 14.7. The van der Waals surface area contributed by atoms with Gasteiger partial charge < -0.3 is 9.47 Å². The largest absolute Gasteiger partial charge is 0.495 e. The first-order chi connectivity index (χ1) is 10.2. The number of alkyl halides is 1. The summed E-state index contributed by atoms with van der Waals surface area (Å²) in [7, 11) is 3.26. The number of hydrogen-bond acceptors (Lipinski definition) is 2. The molecule has 0 N–H and O–H groups in total. The van der Waals surface area contributed by atoms with Crippen LogP contribution >= 0.6 is 23.2 Å². The van der Waals surface area contributed by atoms with Gasteiger partial charge in [-0.2, -0.15) is 0 Å². The summed E-state index contributed by atoms with van der Waals surface area (Å²) in [5.41, 5.74) is 1.02. The summed E-state index contributed by atoms with van der Waals surface area (Å²) in [5, 5.41) is 0.527. The predicted octanol–water partition coefficient (Wildman–Crippen LogP) is 4.93. The Bertz CT molecular complexity index is 558. The lowest BCUT2D eigenvalue weighted by molar-refractivity contribution is 0.386. The van der Waals surface area contributed by atoms with Crippen LogP contribution in [0.25, 0.3) is 0 Å². The van der Waals surface area contributed by atoms with E-state index in [9.17, 15) is 0 Å². The maximum absolute atomic E-state index is 6.84. The minimum Gasteiger partial charge on any atom is -0.495 e. The fourth-order valence-corrected chi connectivity index (χ4v) is 5.96. The average molecular weight is 327 g/mol. The van der Waals surface area contributed by atoms with Crippen molar-refractivity contribution < 1.29 is 9.47 Å². The third-order valence-corrected chi connectivity index (χ3v) is 6.83. The Morgan fingerprint density at radius 2 is 1.76 bits per heavy atom. The fraction of sp³-hybridized carbons (Fsp3) is 0.647. The number of ether oxygens (including phenoxy) is 2. The first-order valence-electron chi connectivity index (χ1n) is 7.71. The molecular formula is C17H20Cl2O2. The summed E-state index contributed by atoms with van der Waals surface area (Å²) in [6, 6.07) is 3.90. The van der Waals surface area contributed by atoms with Crippen molar-refractivity contribution in [2.75, 3.05) is 14.2 Å². The molecule has 0 amide bonds. The molecule has 0 aromatic heterocycles. The zero-order valence-electron chi connectivity index (χ0n) is 12.3. The minimum atomic E-state index is 0.00163. The molecule has 4 rings (SSSR count). The Kier molecular flexibility index (Phi) is 3.31. The molecule has 2 bridgehead atoms. The van der Waals surface area contributed by atoms with Gasteiger partial charge in [0.1, 0.15) is 16.5 Å². The summed E-state index contributed by atoms with van der Waals surface area (Å²) in [4.78, 5) is 0. The number of hydrogen-bond donors (Lipinski definition) is 0. The van der Waals surface area contributed by atoms with Gasteiger partial charge in [0.15, 0.2) is 0 Å². The molecule has 3 aliphatic carbocycles. The Morgan fingerprint density at radius 3 is 2.33 bits per heavy atom. The number of methoxy groups -OCH3 is 2. The highest BCUT2D eigenvalue weighted by Gasteiger charge is 2.66. The molecule has 0 heterocycles. The molecule has 3 fully saturated rings. The second-order valence-electron chi connectivity index (χ2n) is 6.67. The van der Waals surface area contributed by atoms with Gasteiger partial charge in [-0.15, -0.1) is 11.6 Å². The molecule has 21 heavy (non-hydrogen) atoms. The van der Waals surface area contributed by atoms with Crippen LogP contribution in [0.2, 0.25) is 5.02 Å². The number of benzene rings is 1. The van der Waals surface area contributed by atoms with Crippen LogP contribution in [0.15, 0.2) is 12.1 Å². The molecule has 1 aromatic rings. The summed E-state index contributed by atoms with van der Waals surface area (Å²) in [5.74, 6) is 5.45. The van der Waals surface area contributed by atoms with Crippen molar-refractivity contribution in [2.24, 2.45) is 29.6 Å². The van der Waals surface area contributed by atoms with Crippen LogP contribution in [-0.4, -0.2) is 14.2 Å². The van der Waals surface area contributed by atoms with Crippen molar-refractivity contribution >= 4 is 23.2 Å². The van der Waals surface area contributed by atoms with Crippen LogP contribution in [0, 0.1) is 29.6 Å². The van der Waals surface area contributed by atoms with Crippen LogP contribution in [0.4, 0.5) is 0 Å². The highest BCUT2D eigenvalue weighted by Crippen LogP contribution is 2.73. The third-order valence-electron chi connectivity index (χ3n) is 5.95. The predicted molar refractivity (Wildman–Crippen MR) is 84.5 cm³/mol. The van der Waals surface area contributed by atoms with E-state index in [1.54, 1.807) is 14.2 Å². The molecule has 114 valence electrons. The molecule has 2 nitrogen and oxygen atoms in total. The summed E-state index contributed by atoms with van der Waals surface area (Å²) in [6.45, 7) is 0. The van der Waals surface area contributed by atoms with Crippen LogP contribution in [0.5, 0.6) is 11.5 Å². The van der Waals surface area contributed by atoms with E-state index in [1.165, 1.54) is 19.3 Å². The first-order valence-corrected chi connectivity index (χ1v) is 8.53. The Labute approximate surface area is 135 Å². The lowest BCUT2D eigenvalue weighted by atomic mass is 9.96. The van der Waals surface area contributed by atoms with Gasteiger partial charge in [-0.1, -0.05) is 17.7 Å². The van der Waals surface area contributed by atoms with E-state index in [0.717, 1.165) is 29.2 Å². The second-order valence-corrected chi connectivity index (χ2v) is 7.52. The van der Waals surface area contributed by atoms with Gasteiger partial charge in [0.25, 0.3) is 0 Å². The Morgan fingerprint density at radius 1 is 1.10 bits per heavy atom. The van der Waals surface area contributed by atoms with Crippen molar-refractivity contribution in [3.63, 3.8) is 0 Å². The lowest BCUT2D eigenvalue weighted by Gasteiger charge is -2.19. The van der Waals surface area contributed by atoms with Gasteiger partial charge in [-0.25, -0.2) is 0 Å². The van der Waals surface area contributed by atoms with Gasteiger partial charge >= 0.3 is 0 Å². The molecule has 4 heteroatoms. The number of rotatable bonds is 4. The molecule has 3 aliphatic rings. The van der Waals surface area contributed by atoms with Crippen molar-refractivity contribution in [1.29, 1.82) is 0 Å². The monoisotopic (exact) mass is 326 g/mol. The van der Waals surface area contributed by atoms with E-state index in [4.69, 9.17) is 32.7 Å². The maximum Gasteiger partial charge on any atom is 0.145 e. The highest BCUT2D eigenvalue weighted by molar-refractivity contribution is 6.34. The molecule has 0 aliphatic heterocycles. The van der Waals surface area contributed by atoms with Gasteiger partial charge in [-0.3, -0.25) is 0 Å². The van der Waals surface area contributed by atoms with E-state index >= 15 is 0 Å². The van der Waals surface area contributed by atoms with Crippen molar-refractivity contribution in [3.05, 3.63) is 22.7 Å². The molecule has 3 saturated carbocycles. The number of fused-ring (bicyclic) bond motifs is 5. The van der Waals surface area contributed by atoms with Gasteiger partial charge in [0, 0.05) is 5.56 Å². The smallest absolute Gasteiger partial charge is 0.145 e. The topological polar surface area (TPSA) is 18.5 Å². The lowest BCUT2D eigenvalue weighted by Crippen LogP contribution is -2.06. The quantitative estimate of drug-likeness (QED) is 0.730. The third kappa shape index (κ3) is 1.91. The molecule has 0 radical (unpaired) electrons. The molecule has 5 unspecified atom stereocenters. The maximum atomic E-state index is 6.84. The summed E-state index contributed by atoms with van der Waals surface area (Å²) < 4.78 is 10.8. The fourth-order valence-electron chi connectivity index (χ4n) is 5.13. The first kappa shape index (κ1) is 14.0. The average Bonchev–Trinajstić information content (AvgIpc) is 2.93. The van der Waals surface area contributed by atoms with Gasteiger partial charge in [0.05, 0.1) is 19.6 Å². The SMILES string of the molecule is COc1ccc(C(Cl)C2C3C4CCC(C4)C32)c(OC)c1Cl. The van der Waals surface area contributed by atoms with E-state index in [0.29, 0.717) is 22.4 Å². The van der Waals surface area contributed by atoms with Gasteiger partial charge in [-0.05, 0) is 54.9 Å². The van der Waals surface area contributed by atoms with Gasteiger partial charge in [0.2, 0.25) is 0 Å². The molecule has 0 saturated heterocycles. The van der Waals surface area contributed by atoms with Crippen molar-refractivity contribution in [1.82, 2.24) is 0 Å². The van der Waals surface area contributed by atoms with Crippen molar-refractivity contribution in [3.8, 4) is 11.5 Å². The van der Waals surface area contributed by atoms with Crippen molar-refractivity contribution in [2.45, 2.75) is 24.6 Å². The van der Waals surface area contributed by atoms with Crippen LogP contribution in [0.3, 0.4) is 0 Å². The van der Waals surface area contributed by atoms with Crippen LogP contribution in [0.1, 0.15) is 30.2 Å².